The third kappa shape index (κ3) is 20.7. The molecule has 28 valence electrons. The number of aliphatic hydroxyl groups is 1. The summed E-state index contributed by atoms with van der Waals surface area (Å²) in [6.07, 6.45) is 0. The van der Waals surface area contributed by atoms with Crippen LogP contribution in [-0.2, 0) is 0 Å². The van der Waals surface area contributed by atoms with Crippen LogP contribution in [0.25, 0.3) is 0 Å². The zero-order valence-corrected chi connectivity index (χ0v) is 3.51. The Kier molecular flexibility index (Phi) is 21.2. The van der Waals surface area contributed by atoms with E-state index in [2.05, 4.69) is 11.6 Å². The lowest BCUT2D eigenvalue weighted by Crippen LogP contribution is -1.49. The number of hydrogen-bond acceptors (Lipinski definition) is 1. The van der Waals surface area contributed by atoms with E-state index in [-0.39, 0.29) is 18.5 Å². The summed E-state index contributed by atoms with van der Waals surface area (Å²) < 4.78 is 0. The summed E-state index contributed by atoms with van der Waals surface area (Å²) in [6.45, 7) is 0. The summed E-state index contributed by atoms with van der Waals surface area (Å²) in [5, 5.41) is 7.33. The van der Waals surface area contributed by atoms with Crippen molar-refractivity contribution < 1.29 is 5.11 Å². The molecule has 0 aromatic heterocycles. The highest BCUT2D eigenvalue weighted by Gasteiger charge is 1.37. The second kappa shape index (κ2) is 9.63. The maximum atomic E-state index is 7.33. The van der Waals surface area contributed by atoms with Gasteiger partial charge in [0.25, 0.3) is 0 Å². The van der Waals surface area contributed by atoms with E-state index in [0.717, 1.165) is 0 Å². The summed E-state index contributed by atoms with van der Waals surface area (Å²) >= 11 is 4.55. The third-order valence-corrected chi connectivity index (χ3v) is 0. The Labute approximate surface area is 36.0 Å². The van der Waals surface area contributed by atoms with Gasteiger partial charge in [0.05, 0.1) is 0 Å². The Bertz CT molecular complexity index is 6.00. The van der Waals surface area contributed by atoms with Crippen molar-refractivity contribution >= 4 is 24.0 Å². The first kappa shape index (κ1) is 8.82. The van der Waals surface area contributed by atoms with Gasteiger partial charge in [0.1, 0.15) is 6.07 Å². The highest BCUT2D eigenvalue weighted by atomic mass is 35.5. The molecule has 0 spiro atoms. The van der Waals surface area contributed by atoms with Crippen molar-refractivity contribution in [2.45, 2.75) is 0 Å². The average Bonchev–Trinajstić information content (AvgIpc) is 0.918. The molecule has 1 nitrogen and oxygen atoms in total. The monoisotopic (exact) mass is 102 g/mol. The van der Waals surface area contributed by atoms with E-state index >= 15 is 0 Å². The van der Waals surface area contributed by atoms with Gasteiger partial charge in [-0.3, -0.25) is 0 Å². The molecular weight excluding hydrogens is 98.9 g/mol. The van der Waals surface area contributed by atoms with Crippen molar-refractivity contribution in [2.75, 3.05) is 6.07 Å². The van der Waals surface area contributed by atoms with Crippen molar-refractivity contribution in [3.63, 3.8) is 0 Å². The fourth-order valence-electron chi connectivity index (χ4n) is 0. The van der Waals surface area contributed by atoms with Crippen LogP contribution in [-0.4, -0.2) is 11.2 Å². The van der Waals surface area contributed by atoms with Crippen molar-refractivity contribution in [3.05, 3.63) is 0 Å². The number of rotatable bonds is 0. The molecule has 0 aliphatic heterocycles. The summed E-state index contributed by atoms with van der Waals surface area (Å²) in [4.78, 5) is 0. The van der Waals surface area contributed by atoms with Gasteiger partial charge in [0, 0.05) is 0 Å². The van der Waals surface area contributed by atoms with Gasteiger partial charge in [0.2, 0.25) is 0 Å². The molecule has 0 saturated carbocycles. The van der Waals surface area contributed by atoms with E-state index < -0.39 is 0 Å². The van der Waals surface area contributed by atoms with Crippen LogP contribution >= 0.6 is 24.0 Å². The van der Waals surface area contributed by atoms with E-state index in [1.807, 2.05) is 0 Å². The van der Waals surface area contributed by atoms with Gasteiger partial charge in [-0.15, -0.1) is 12.4 Å². The second-order valence-electron chi connectivity index (χ2n) is 0.120. The van der Waals surface area contributed by atoms with Crippen LogP contribution in [0.2, 0.25) is 0 Å². The van der Waals surface area contributed by atoms with Gasteiger partial charge in [0.15, 0.2) is 0 Å². The molecular formula is CH4Cl2O. The van der Waals surface area contributed by atoms with E-state index in [9.17, 15) is 0 Å². The van der Waals surface area contributed by atoms with Crippen LogP contribution in [0.3, 0.4) is 0 Å². The second-order valence-corrected chi connectivity index (χ2v) is 0.359. The fourth-order valence-corrected chi connectivity index (χ4v) is 0. The quantitative estimate of drug-likeness (QED) is 0.445. The minimum Gasteiger partial charge on any atom is -0.381 e. The number of aliphatic hydroxyl groups excluding tert-OH is 1. The van der Waals surface area contributed by atoms with Gasteiger partial charge < -0.3 is 5.11 Å². The molecule has 0 saturated heterocycles. The van der Waals surface area contributed by atoms with Crippen LogP contribution in [0.15, 0.2) is 0 Å². The van der Waals surface area contributed by atoms with Crippen LogP contribution in [0, 0.1) is 0 Å². The molecule has 0 rings (SSSR count). The summed E-state index contributed by atoms with van der Waals surface area (Å²) in [5.74, 6) is 0. The Morgan fingerprint density at radius 1 is 1.75 bits per heavy atom. The van der Waals surface area contributed by atoms with Crippen molar-refractivity contribution in [1.82, 2.24) is 0 Å². The highest BCUT2D eigenvalue weighted by Crippen LogP contribution is 1.53. The predicted molar refractivity (Wildman–Crippen MR) is 20.2 cm³/mol. The molecule has 0 aliphatic rings. The molecule has 0 bridgehead atoms. The molecule has 0 heterocycles. The molecule has 0 amide bonds. The van der Waals surface area contributed by atoms with Crippen molar-refractivity contribution in [1.29, 1.82) is 0 Å². The lowest BCUT2D eigenvalue weighted by molar-refractivity contribution is 0.370. The zero-order chi connectivity index (χ0) is 2.71. The summed E-state index contributed by atoms with van der Waals surface area (Å²) in [5.41, 5.74) is 0. The van der Waals surface area contributed by atoms with Gasteiger partial charge in [-0.05, 0) is 0 Å². The van der Waals surface area contributed by atoms with Crippen LogP contribution in [0.1, 0.15) is 0 Å². The first-order valence-corrected chi connectivity index (χ1v) is 1.12. The molecule has 0 unspecified atom stereocenters. The Morgan fingerprint density at radius 2 is 1.75 bits per heavy atom. The molecule has 3 heteroatoms. The van der Waals surface area contributed by atoms with E-state index in [1.165, 1.54) is 0 Å². The SMILES string of the molecule is Cl.OCCl. The van der Waals surface area contributed by atoms with E-state index in [1.54, 1.807) is 0 Å². The molecule has 0 radical (unpaired) electrons. The minimum atomic E-state index is -0.278. The average molecular weight is 103 g/mol. The number of hydrogen-bond donors (Lipinski definition) is 1. The number of halogens is 2. The van der Waals surface area contributed by atoms with Crippen LogP contribution in [0.4, 0.5) is 0 Å². The highest BCUT2D eigenvalue weighted by molar-refractivity contribution is 6.16. The van der Waals surface area contributed by atoms with Gasteiger partial charge >= 0.3 is 0 Å². The van der Waals surface area contributed by atoms with Crippen LogP contribution in [0.5, 0.6) is 0 Å². The maximum Gasteiger partial charge on any atom is 0.117 e. The lowest BCUT2D eigenvalue weighted by atomic mass is 11.7. The zero-order valence-electron chi connectivity index (χ0n) is 1.94. The first-order chi connectivity index (χ1) is 1.41. The Hall–Kier alpha value is 0.540. The van der Waals surface area contributed by atoms with Crippen LogP contribution < -0.4 is 0 Å². The maximum absolute atomic E-state index is 7.33. The molecule has 1 N–H and O–H groups in total. The topological polar surface area (TPSA) is 20.2 Å². The van der Waals surface area contributed by atoms with Gasteiger partial charge in [-0.2, -0.15) is 0 Å². The first-order valence-electron chi connectivity index (χ1n) is 0.583. The fraction of sp³-hybridized carbons (Fsp3) is 1.00. The molecule has 0 atom stereocenters. The third-order valence-electron chi connectivity index (χ3n) is 0. The summed E-state index contributed by atoms with van der Waals surface area (Å²) in [7, 11) is 0. The van der Waals surface area contributed by atoms with Gasteiger partial charge in [-0.25, -0.2) is 0 Å². The molecule has 4 heavy (non-hydrogen) atoms. The molecule has 0 fully saturated rings. The van der Waals surface area contributed by atoms with Crippen molar-refractivity contribution in [2.24, 2.45) is 0 Å². The smallest absolute Gasteiger partial charge is 0.117 e. The Morgan fingerprint density at radius 3 is 1.75 bits per heavy atom. The molecule has 0 aromatic rings. The number of alkyl halides is 1. The Balaban J connectivity index is 0. The minimum absolute atomic E-state index is 0. The van der Waals surface area contributed by atoms with Crippen molar-refractivity contribution in [3.8, 4) is 0 Å². The normalized spacial score (nSPS) is 4.50. The largest absolute Gasteiger partial charge is 0.381 e. The molecule has 0 aromatic carbocycles. The van der Waals surface area contributed by atoms with Gasteiger partial charge in [-0.1, -0.05) is 11.6 Å². The molecule has 0 aliphatic carbocycles. The van der Waals surface area contributed by atoms with E-state index in [0.29, 0.717) is 0 Å². The van der Waals surface area contributed by atoms with E-state index in [4.69, 9.17) is 5.11 Å². The standard InChI is InChI=1S/CH3ClO.ClH/c2-1-3;/h3H,1H2;1H. The lowest BCUT2D eigenvalue weighted by Gasteiger charge is -1.49. The predicted octanol–water partition coefficient (Wildman–Crippen LogP) is 0.597. The summed E-state index contributed by atoms with van der Waals surface area (Å²) in [6, 6.07) is -0.278.